The molecule has 2 aromatic rings. The number of hydrogen-bond acceptors (Lipinski definition) is 8. The van der Waals surface area contributed by atoms with Crippen LogP contribution in [0.1, 0.15) is 63.5 Å². The van der Waals surface area contributed by atoms with Crippen molar-refractivity contribution in [1.29, 1.82) is 0 Å². The van der Waals surface area contributed by atoms with Crippen LogP contribution in [0.3, 0.4) is 0 Å². The maximum absolute atomic E-state index is 14.1. The molecule has 0 radical (unpaired) electrons. The largest absolute Gasteiger partial charge is 0.506 e. The summed E-state index contributed by atoms with van der Waals surface area (Å²) in [5.41, 5.74) is 1.57. The number of carbonyl (C=O) groups is 3. The van der Waals surface area contributed by atoms with E-state index >= 15 is 0 Å². The fraction of sp³-hybridized carbons (Fsp3) is 0.595. The van der Waals surface area contributed by atoms with E-state index in [-0.39, 0.29) is 49.2 Å². The molecule has 4 aliphatic heterocycles. The molecule has 4 amide bonds. The van der Waals surface area contributed by atoms with Crippen LogP contribution in [0, 0.1) is 5.92 Å². The van der Waals surface area contributed by atoms with Crippen LogP contribution in [-0.4, -0.2) is 124 Å². The second-order valence-electron chi connectivity index (χ2n) is 14.9. The molecule has 4 heterocycles. The van der Waals surface area contributed by atoms with Crippen molar-refractivity contribution in [3.63, 3.8) is 0 Å². The van der Waals surface area contributed by atoms with Gasteiger partial charge in [0.2, 0.25) is 10.0 Å². The number of rotatable bonds is 8. The Kier molecular flexibility index (Phi) is 12.3. The summed E-state index contributed by atoms with van der Waals surface area (Å²) >= 11 is 6.71. The summed E-state index contributed by atoms with van der Waals surface area (Å²) in [5, 5.41) is 24.4. The van der Waals surface area contributed by atoms with Gasteiger partial charge in [0.05, 0.1) is 19.8 Å². The molecule has 53 heavy (non-hydrogen) atoms. The lowest BCUT2D eigenvalue weighted by molar-refractivity contribution is -0.145. The van der Waals surface area contributed by atoms with Crippen molar-refractivity contribution in [2.24, 2.45) is 5.92 Å². The fourth-order valence-electron chi connectivity index (χ4n) is 8.10. The van der Waals surface area contributed by atoms with Crippen molar-refractivity contribution in [3.05, 3.63) is 56.5 Å². The number of fused-ring (bicyclic) bond motifs is 1. The molecule has 0 bridgehead atoms. The number of nitrogens with zero attached hydrogens (tertiary/aromatic N) is 4. The Balaban J connectivity index is 1.08. The molecule has 2 aromatic carbocycles. The van der Waals surface area contributed by atoms with E-state index in [9.17, 15) is 33.0 Å². The van der Waals surface area contributed by atoms with Crippen molar-refractivity contribution in [1.82, 2.24) is 19.0 Å². The number of benzene rings is 2. The number of phenolic OH excluding ortho intramolecular Hbond substituents is 1. The SMILES string of the molecule is CC(C)S(=O)(=O)N1CCC(O)(C2CCN(C(=O)[C@@H](Cc3cc(Br)c(O)c(Br)c3)OC(=O)N3CCC(N4CCc5ccccc5NC4=O)CC3)CC2)CC1. The monoisotopic (exact) mass is 881 g/mol. The highest BCUT2D eigenvalue weighted by Gasteiger charge is 2.45. The summed E-state index contributed by atoms with van der Waals surface area (Å²) in [6.45, 7) is 5.91. The van der Waals surface area contributed by atoms with Crippen molar-refractivity contribution in [2.45, 2.75) is 88.2 Å². The molecule has 0 saturated carbocycles. The first-order valence-corrected chi connectivity index (χ1v) is 21.5. The molecular weight excluding hydrogens is 834 g/mol. The third-order valence-corrected chi connectivity index (χ3v) is 14.9. The molecule has 0 unspecified atom stereocenters. The first-order chi connectivity index (χ1) is 25.2. The topological polar surface area (TPSA) is 160 Å². The summed E-state index contributed by atoms with van der Waals surface area (Å²) in [5.74, 6) is -0.411. The van der Waals surface area contributed by atoms with Crippen molar-refractivity contribution in [2.75, 3.05) is 51.1 Å². The van der Waals surface area contributed by atoms with Crippen LogP contribution in [0.5, 0.6) is 5.75 Å². The van der Waals surface area contributed by atoms with Gasteiger partial charge >= 0.3 is 12.1 Å². The summed E-state index contributed by atoms with van der Waals surface area (Å²) in [6.07, 6.45) is 2.00. The average Bonchev–Trinajstić information content (AvgIpc) is 3.31. The highest BCUT2D eigenvalue weighted by Crippen LogP contribution is 2.38. The fourth-order valence-corrected chi connectivity index (χ4v) is 10.7. The number of urea groups is 1. The van der Waals surface area contributed by atoms with Gasteiger partial charge in [-0.25, -0.2) is 22.3 Å². The minimum atomic E-state index is -3.40. The molecule has 13 nitrogen and oxygen atoms in total. The molecule has 290 valence electrons. The van der Waals surface area contributed by atoms with Gasteiger partial charge in [-0.1, -0.05) is 18.2 Å². The zero-order valence-corrected chi connectivity index (χ0v) is 34.2. The lowest BCUT2D eigenvalue weighted by Gasteiger charge is -2.46. The van der Waals surface area contributed by atoms with Crippen molar-refractivity contribution in [3.8, 4) is 5.75 Å². The van der Waals surface area contributed by atoms with Gasteiger partial charge in [-0.15, -0.1) is 0 Å². The van der Waals surface area contributed by atoms with E-state index in [0.29, 0.717) is 85.8 Å². The summed E-state index contributed by atoms with van der Waals surface area (Å²) in [6, 6.07) is 11.0. The van der Waals surface area contributed by atoms with Gasteiger partial charge in [-0.2, -0.15) is 0 Å². The van der Waals surface area contributed by atoms with E-state index in [0.717, 1.165) is 17.7 Å². The van der Waals surface area contributed by atoms with Crippen LogP contribution in [0.25, 0.3) is 0 Å². The van der Waals surface area contributed by atoms with E-state index in [1.54, 1.807) is 35.8 Å². The van der Waals surface area contributed by atoms with Crippen LogP contribution < -0.4 is 5.32 Å². The number of hydrogen-bond donors (Lipinski definition) is 3. The number of aliphatic hydroxyl groups is 1. The number of anilines is 1. The number of phenols is 1. The van der Waals surface area contributed by atoms with E-state index in [1.165, 1.54) is 4.31 Å². The molecule has 16 heteroatoms. The van der Waals surface area contributed by atoms with Crippen LogP contribution >= 0.6 is 31.9 Å². The molecule has 3 fully saturated rings. The van der Waals surface area contributed by atoms with Crippen molar-refractivity contribution >= 4 is 65.6 Å². The minimum absolute atomic E-state index is 0.0195. The number of ether oxygens (including phenoxy) is 1. The maximum Gasteiger partial charge on any atom is 0.410 e. The predicted molar refractivity (Wildman–Crippen MR) is 207 cm³/mol. The zero-order valence-electron chi connectivity index (χ0n) is 30.2. The first kappa shape index (κ1) is 39.8. The van der Waals surface area contributed by atoms with E-state index in [1.807, 2.05) is 29.2 Å². The number of amides is 4. The maximum atomic E-state index is 14.1. The van der Waals surface area contributed by atoms with Gasteiger partial charge in [-0.05, 0) is 126 Å². The van der Waals surface area contributed by atoms with Crippen LogP contribution in [0.4, 0.5) is 15.3 Å². The normalized spacial score (nSPS) is 21.2. The molecule has 1 atom stereocenters. The minimum Gasteiger partial charge on any atom is -0.506 e. The highest BCUT2D eigenvalue weighted by atomic mass is 79.9. The molecule has 3 saturated heterocycles. The molecular formula is C37H49Br2N5O8S. The molecule has 0 aliphatic carbocycles. The number of para-hydroxylation sites is 1. The number of likely N-dealkylation sites (tertiary alicyclic amines) is 2. The lowest BCUT2D eigenvalue weighted by Crippen LogP contribution is -2.55. The third-order valence-electron chi connectivity index (χ3n) is 11.4. The molecule has 4 aliphatic rings. The van der Waals surface area contributed by atoms with E-state index in [4.69, 9.17) is 4.74 Å². The Morgan fingerprint density at radius 1 is 0.943 bits per heavy atom. The van der Waals surface area contributed by atoms with Crippen LogP contribution in [0.2, 0.25) is 0 Å². The Labute approximate surface area is 328 Å². The second-order valence-corrected chi connectivity index (χ2v) is 19.1. The number of sulfonamides is 1. The predicted octanol–water partition coefficient (Wildman–Crippen LogP) is 5.32. The Bertz CT molecular complexity index is 1770. The van der Waals surface area contributed by atoms with Gasteiger partial charge in [0, 0.05) is 64.0 Å². The Hall–Kier alpha value is -2.92. The van der Waals surface area contributed by atoms with Crippen LogP contribution in [-0.2, 0) is 32.4 Å². The molecule has 0 spiro atoms. The quantitative estimate of drug-likeness (QED) is 0.321. The standard InChI is InChI=1S/C37H49Br2N5O8S/c1-24(2)53(50,51)43-19-12-37(49,13-20-43)27-8-14-41(15-9-27)34(46)32(23-25-21-29(38)33(45)30(39)22-25)52-36(48)42-16-10-28(11-17-42)44-18-7-26-5-3-4-6-31(26)40-35(44)47/h3-6,21-22,24,27-28,32,45,49H,7-20,23H2,1-2H3,(H,40,47)/t32-/m1/s1. The van der Waals surface area contributed by atoms with Gasteiger partial charge in [0.15, 0.2) is 6.10 Å². The lowest BCUT2D eigenvalue weighted by atomic mass is 9.75. The summed E-state index contributed by atoms with van der Waals surface area (Å²) < 4.78 is 33.7. The average molecular weight is 884 g/mol. The summed E-state index contributed by atoms with van der Waals surface area (Å²) in [7, 11) is -3.40. The summed E-state index contributed by atoms with van der Waals surface area (Å²) in [4.78, 5) is 46.0. The number of aromatic hydroxyl groups is 1. The van der Waals surface area contributed by atoms with Gasteiger partial charge < -0.3 is 35.0 Å². The molecule has 3 N–H and O–H groups in total. The van der Waals surface area contributed by atoms with E-state index in [2.05, 4.69) is 37.2 Å². The Morgan fingerprint density at radius 2 is 1.55 bits per heavy atom. The van der Waals surface area contributed by atoms with Crippen LogP contribution in [0.15, 0.2) is 45.3 Å². The highest BCUT2D eigenvalue weighted by molar-refractivity contribution is 9.11. The van der Waals surface area contributed by atoms with Gasteiger partial charge in [0.1, 0.15) is 5.75 Å². The third kappa shape index (κ3) is 8.82. The zero-order chi connectivity index (χ0) is 38.1. The number of carbonyl (C=O) groups excluding carboxylic acids is 3. The Morgan fingerprint density at radius 3 is 2.17 bits per heavy atom. The molecule has 6 rings (SSSR count). The van der Waals surface area contributed by atoms with Crippen molar-refractivity contribution < 1.29 is 37.8 Å². The van der Waals surface area contributed by atoms with Gasteiger partial charge in [0.25, 0.3) is 5.91 Å². The number of piperidine rings is 3. The number of halogens is 2. The number of nitrogens with one attached hydrogen (secondary N) is 1. The molecule has 0 aromatic heterocycles. The van der Waals surface area contributed by atoms with Gasteiger partial charge in [-0.3, -0.25) is 4.79 Å². The smallest absolute Gasteiger partial charge is 0.410 e. The first-order valence-electron chi connectivity index (χ1n) is 18.4. The van der Waals surface area contributed by atoms with E-state index < -0.39 is 33.1 Å². The second kappa shape index (κ2) is 16.4.